The number of nitrogens with one attached hydrogen (secondary N) is 1. The van der Waals surface area contributed by atoms with Crippen molar-refractivity contribution < 1.29 is 14.3 Å². The van der Waals surface area contributed by atoms with E-state index in [0.717, 1.165) is 12.2 Å². The highest BCUT2D eigenvalue weighted by atomic mass is 35.5. The molecule has 35 heavy (non-hydrogen) atoms. The average molecular weight is 528 g/mol. The molecule has 0 unspecified atom stereocenters. The lowest BCUT2D eigenvalue weighted by Gasteiger charge is -2.24. The Morgan fingerprint density at radius 2 is 1.97 bits per heavy atom. The van der Waals surface area contributed by atoms with Gasteiger partial charge in [0.1, 0.15) is 11.8 Å². The number of carbonyl (C=O) groups excluding carboxylic acids is 2. The Bertz CT molecular complexity index is 1230. The second kappa shape index (κ2) is 11.2. The first-order chi connectivity index (χ1) is 16.9. The molecule has 2 heterocycles. The number of nitrogens with zero attached hydrogens (tertiary/aromatic N) is 2. The lowest BCUT2D eigenvalue weighted by Crippen LogP contribution is -2.39. The Hall–Kier alpha value is -2.94. The van der Waals surface area contributed by atoms with Gasteiger partial charge in [-0.15, -0.1) is 11.3 Å². The van der Waals surface area contributed by atoms with Crippen molar-refractivity contribution in [2.75, 3.05) is 23.4 Å². The predicted molar refractivity (Wildman–Crippen MR) is 146 cm³/mol. The molecule has 3 aromatic rings. The molecule has 9 heteroatoms. The fourth-order valence-corrected chi connectivity index (χ4v) is 5.51. The molecule has 6 nitrogen and oxygen atoms in total. The minimum atomic E-state index is -0.704. The van der Waals surface area contributed by atoms with Gasteiger partial charge in [-0.1, -0.05) is 17.7 Å². The van der Waals surface area contributed by atoms with Gasteiger partial charge in [0, 0.05) is 22.1 Å². The SMILES string of the molecule is CCOc1ccc(NC(=O)C[C@@H]2C(=O)N(c3cccc(Cl)c3)C(=S)N2CCc2sccc2C)cc1. The van der Waals surface area contributed by atoms with Crippen LogP contribution in [0.1, 0.15) is 23.8 Å². The second-order valence-corrected chi connectivity index (χ2v) is 9.93. The number of ether oxygens (including phenoxy) is 1. The molecule has 1 aromatic heterocycles. The van der Waals surface area contributed by atoms with Crippen molar-refractivity contribution in [2.45, 2.75) is 32.7 Å². The molecule has 0 radical (unpaired) electrons. The third kappa shape index (κ3) is 5.83. The van der Waals surface area contributed by atoms with Gasteiger partial charge in [-0.2, -0.15) is 0 Å². The van der Waals surface area contributed by atoms with Gasteiger partial charge in [0.25, 0.3) is 5.91 Å². The van der Waals surface area contributed by atoms with Crippen molar-refractivity contribution in [3.8, 4) is 5.75 Å². The van der Waals surface area contributed by atoms with Crippen molar-refractivity contribution in [1.82, 2.24) is 4.90 Å². The molecule has 1 aliphatic heterocycles. The maximum absolute atomic E-state index is 13.5. The summed E-state index contributed by atoms with van der Waals surface area (Å²) in [5.41, 5.74) is 2.45. The highest BCUT2D eigenvalue weighted by Crippen LogP contribution is 2.30. The quantitative estimate of drug-likeness (QED) is 0.363. The van der Waals surface area contributed by atoms with Crippen LogP contribution in [0.3, 0.4) is 0 Å². The van der Waals surface area contributed by atoms with E-state index in [1.807, 2.05) is 11.8 Å². The molecule has 0 aliphatic carbocycles. The van der Waals surface area contributed by atoms with E-state index in [0.29, 0.717) is 34.7 Å². The molecule has 1 saturated heterocycles. The normalized spacial score (nSPS) is 15.6. The summed E-state index contributed by atoms with van der Waals surface area (Å²) in [7, 11) is 0. The molecule has 0 saturated carbocycles. The molecular formula is C26H26ClN3O3S2. The Labute approximate surface area is 219 Å². The molecular weight excluding hydrogens is 502 g/mol. The van der Waals surface area contributed by atoms with Crippen LogP contribution in [0.15, 0.2) is 60.0 Å². The number of thiophene rings is 1. The lowest BCUT2D eigenvalue weighted by molar-refractivity contribution is -0.124. The molecule has 0 spiro atoms. The summed E-state index contributed by atoms with van der Waals surface area (Å²) in [5, 5.41) is 5.83. The van der Waals surface area contributed by atoms with Crippen molar-refractivity contribution >= 4 is 63.5 Å². The third-order valence-corrected chi connectivity index (χ3v) is 7.50. The van der Waals surface area contributed by atoms with Crippen LogP contribution < -0.4 is 15.0 Å². The van der Waals surface area contributed by atoms with Crippen LogP contribution in [0.5, 0.6) is 5.75 Å². The van der Waals surface area contributed by atoms with Crippen molar-refractivity contribution in [3.05, 3.63) is 75.4 Å². The first-order valence-electron chi connectivity index (χ1n) is 11.3. The van der Waals surface area contributed by atoms with Crippen LogP contribution >= 0.6 is 35.2 Å². The Balaban J connectivity index is 1.53. The largest absolute Gasteiger partial charge is 0.494 e. The maximum atomic E-state index is 13.5. The highest BCUT2D eigenvalue weighted by molar-refractivity contribution is 7.80. The molecule has 1 atom stereocenters. The molecule has 4 rings (SSSR count). The van der Waals surface area contributed by atoms with Crippen molar-refractivity contribution in [1.29, 1.82) is 0 Å². The first-order valence-corrected chi connectivity index (χ1v) is 13.0. The van der Waals surface area contributed by atoms with Crippen LogP contribution in [0.2, 0.25) is 5.02 Å². The smallest absolute Gasteiger partial charge is 0.256 e. The van der Waals surface area contributed by atoms with Gasteiger partial charge in [-0.3, -0.25) is 14.5 Å². The standard InChI is InChI=1S/C26H26ClN3O3S2/c1-3-33-21-9-7-19(8-10-21)28-24(31)16-22-25(32)30(20-6-4-5-18(27)15-20)26(34)29(22)13-11-23-17(2)12-14-35-23/h4-10,12,14-15,22H,3,11,13,16H2,1-2H3,(H,28,31)/t22-/m1/s1. The van der Waals surface area contributed by atoms with Gasteiger partial charge >= 0.3 is 0 Å². The van der Waals surface area contributed by atoms with Gasteiger partial charge in [0.2, 0.25) is 5.91 Å². The third-order valence-electron chi connectivity index (χ3n) is 5.76. The summed E-state index contributed by atoms with van der Waals surface area (Å²) >= 11 is 13.6. The van der Waals surface area contributed by atoms with Crippen LogP contribution in [-0.2, 0) is 16.0 Å². The summed E-state index contributed by atoms with van der Waals surface area (Å²) in [4.78, 5) is 31.1. The van der Waals surface area contributed by atoms with E-state index in [2.05, 4.69) is 23.7 Å². The summed E-state index contributed by atoms with van der Waals surface area (Å²) in [5.74, 6) is 0.233. The van der Waals surface area contributed by atoms with E-state index in [1.165, 1.54) is 15.3 Å². The van der Waals surface area contributed by atoms with E-state index >= 15 is 0 Å². The average Bonchev–Trinajstić information content (AvgIpc) is 3.33. The summed E-state index contributed by atoms with van der Waals surface area (Å²) < 4.78 is 5.45. The monoisotopic (exact) mass is 527 g/mol. The van der Waals surface area contributed by atoms with Gasteiger partial charge in [0.15, 0.2) is 5.11 Å². The second-order valence-electron chi connectivity index (χ2n) is 8.13. The van der Waals surface area contributed by atoms with E-state index in [-0.39, 0.29) is 18.2 Å². The van der Waals surface area contributed by atoms with Crippen LogP contribution in [-0.4, -0.2) is 41.0 Å². The van der Waals surface area contributed by atoms with E-state index in [9.17, 15) is 9.59 Å². The number of aryl methyl sites for hydroxylation is 1. The van der Waals surface area contributed by atoms with Gasteiger partial charge < -0.3 is 15.0 Å². The highest BCUT2D eigenvalue weighted by Gasteiger charge is 2.44. The molecule has 1 N–H and O–H groups in total. The summed E-state index contributed by atoms with van der Waals surface area (Å²) in [6, 6.07) is 15.5. The first kappa shape index (κ1) is 25.2. The number of thiocarbonyl (C=S) groups is 1. The molecule has 2 aromatic carbocycles. The fourth-order valence-electron chi connectivity index (χ4n) is 4.01. The number of carbonyl (C=O) groups is 2. The van der Waals surface area contributed by atoms with E-state index in [4.69, 9.17) is 28.6 Å². The number of hydrogen-bond donors (Lipinski definition) is 1. The molecule has 182 valence electrons. The molecule has 0 bridgehead atoms. The number of benzene rings is 2. The maximum Gasteiger partial charge on any atom is 0.256 e. The summed E-state index contributed by atoms with van der Waals surface area (Å²) in [6.45, 7) is 5.08. The Kier molecular flexibility index (Phi) is 8.05. The zero-order valence-corrected chi connectivity index (χ0v) is 21.9. The zero-order valence-electron chi connectivity index (χ0n) is 19.5. The number of amides is 2. The topological polar surface area (TPSA) is 61.9 Å². The van der Waals surface area contributed by atoms with E-state index < -0.39 is 6.04 Å². The lowest BCUT2D eigenvalue weighted by atomic mass is 10.1. The molecule has 2 amide bonds. The fraction of sp³-hybridized carbons (Fsp3) is 0.269. The van der Waals surface area contributed by atoms with Crippen LogP contribution in [0.25, 0.3) is 0 Å². The molecule has 1 aliphatic rings. The number of anilines is 2. The summed E-state index contributed by atoms with van der Waals surface area (Å²) in [6.07, 6.45) is 0.712. The van der Waals surface area contributed by atoms with Gasteiger partial charge in [-0.25, -0.2) is 0 Å². The minimum absolute atomic E-state index is 0.0212. The zero-order chi connectivity index (χ0) is 24.9. The van der Waals surface area contributed by atoms with Crippen LogP contribution in [0.4, 0.5) is 11.4 Å². The Morgan fingerprint density at radius 1 is 1.20 bits per heavy atom. The number of rotatable bonds is 9. The van der Waals surface area contributed by atoms with Crippen molar-refractivity contribution in [3.63, 3.8) is 0 Å². The van der Waals surface area contributed by atoms with E-state index in [1.54, 1.807) is 59.9 Å². The van der Waals surface area contributed by atoms with Gasteiger partial charge in [0.05, 0.1) is 18.7 Å². The number of hydrogen-bond acceptors (Lipinski definition) is 5. The molecule has 1 fully saturated rings. The minimum Gasteiger partial charge on any atom is -0.494 e. The Morgan fingerprint density at radius 3 is 2.63 bits per heavy atom. The predicted octanol–water partition coefficient (Wildman–Crippen LogP) is 5.68. The van der Waals surface area contributed by atoms with Crippen LogP contribution in [0, 0.1) is 6.92 Å². The van der Waals surface area contributed by atoms with Gasteiger partial charge in [-0.05, 0) is 92.0 Å². The number of halogens is 1. The van der Waals surface area contributed by atoms with Crippen molar-refractivity contribution in [2.24, 2.45) is 0 Å².